The highest BCUT2D eigenvalue weighted by atomic mass is 31.2. The lowest BCUT2D eigenvalue weighted by Crippen LogP contribution is -2.39. The number of carbonyl (C=O) groups is 2. The highest BCUT2D eigenvalue weighted by Crippen LogP contribution is 2.50. The van der Waals surface area contributed by atoms with Crippen LogP contribution in [-0.4, -0.2) is 86.4 Å². The Bertz CT molecular complexity index is 2160. The predicted molar refractivity (Wildman–Crippen MR) is 170 cm³/mol. The van der Waals surface area contributed by atoms with Gasteiger partial charge in [0.25, 0.3) is 0 Å². The molecule has 8 rings (SSSR count). The van der Waals surface area contributed by atoms with Crippen LogP contribution in [-0.2, 0) is 24.9 Å². The van der Waals surface area contributed by atoms with Crippen molar-refractivity contribution in [2.24, 2.45) is 0 Å². The number of rotatable bonds is 11. The number of pyridine rings is 1. The van der Waals surface area contributed by atoms with E-state index in [-0.39, 0.29) is 72.5 Å². The fourth-order valence-electron chi connectivity index (χ4n) is 6.72. The van der Waals surface area contributed by atoms with E-state index in [4.69, 9.17) is 23.3 Å². The summed E-state index contributed by atoms with van der Waals surface area (Å²) in [5.74, 6) is -3.34. The molecule has 0 bridgehead atoms. The van der Waals surface area contributed by atoms with Crippen molar-refractivity contribution in [1.82, 2.24) is 19.6 Å². The van der Waals surface area contributed by atoms with Crippen LogP contribution in [0, 0.1) is 11.6 Å². The van der Waals surface area contributed by atoms with Crippen LogP contribution in [0.15, 0.2) is 47.7 Å². The maximum Gasteiger partial charge on any atom is 0.475 e. The van der Waals surface area contributed by atoms with Crippen LogP contribution < -0.4 is 24.7 Å². The van der Waals surface area contributed by atoms with E-state index in [1.165, 1.54) is 34.1 Å². The number of phosphoric acid groups is 1. The average Bonchev–Trinajstić information content (AvgIpc) is 3.44. The van der Waals surface area contributed by atoms with Crippen LogP contribution in [0.4, 0.5) is 25.0 Å². The van der Waals surface area contributed by atoms with Crippen molar-refractivity contribution in [2.45, 2.75) is 50.1 Å². The Morgan fingerprint density at radius 1 is 1.12 bits per heavy atom. The van der Waals surface area contributed by atoms with Gasteiger partial charge in [0.05, 0.1) is 48.0 Å². The number of cyclic esters (lactones) is 1. The smallest absolute Gasteiger partial charge is 0.475 e. The van der Waals surface area contributed by atoms with E-state index in [2.05, 4.69) is 10.3 Å². The van der Waals surface area contributed by atoms with Crippen LogP contribution in [0.1, 0.15) is 35.7 Å². The zero-order chi connectivity index (χ0) is 35.6. The number of nitrogens with zero attached hydrogens (tertiary/aromatic N) is 6. The Kier molecular flexibility index (Phi) is 8.16. The Labute approximate surface area is 286 Å². The topological polar surface area (TPSA) is 197 Å². The highest BCUT2D eigenvalue weighted by molar-refractivity contribution is 7.47. The van der Waals surface area contributed by atoms with Crippen molar-refractivity contribution in [2.75, 3.05) is 36.3 Å². The number of hydrogen-bond donors (Lipinski definition) is 2. The lowest BCUT2D eigenvalue weighted by atomic mass is 10.1. The van der Waals surface area contributed by atoms with Gasteiger partial charge in [0.1, 0.15) is 24.0 Å². The molecule has 0 radical (unpaired) electrons. The summed E-state index contributed by atoms with van der Waals surface area (Å²) in [7, 11) is -4.77. The molecule has 1 amide bonds. The van der Waals surface area contributed by atoms with Crippen molar-refractivity contribution in [3.8, 4) is 11.5 Å². The number of aromatic nitrogens is 4. The minimum atomic E-state index is -4.77. The van der Waals surface area contributed by atoms with Crippen molar-refractivity contribution >= 4 is 42.2 Å². The Morgan fingerprint density at radius 3 is 2.67 bits per heavy atom. The molecule has 1 saturated carbocycles. The lowest BCUT2D eigenvalue weighted by molar-refractivity contribution is 0.0499. The molecule has 4 aromatic rings. The first kappa shape index (κ1) is 33.1. The monoisotopic (exact) mass is 730 g/mol. The second kappa shape index (κ2) is 12.6. The second-order valence-electron chi connectivity index (χ2n) is 12.5. The van der Waals surface area contributed by atoms with Gasteiger partial charge in [0.15, 0.2) is 23.1 Å². The van der Waals surface area contributed by atoms with Gasteiger partial charge in [-0.05, 0) is 37.5 Å². The third-order valence-corrected chi connectivity index (χ3v) is 10.1. The maximum absolute atomic E-state index is 15.7. The zero-order valence-electron chi connectivity index (χ0n) is 26.5. The van der Waals surface area contributed by atoms with E-state index >= 15 is 4.39 Å². The molecule has 20 heteroatoms. The molecule has 1 aliphatic carbocycles. The molecule has 3 fully saturated rings. The van der Waals surface area contributed by atoms with E-state index in [1.807, 2.05) is 0 Å². The summed E-state index contributed by atoms with van der Waals surface area (Å²) >= 11 is 0. The van der Waals surface area contributed by atoms with Gasteiger partial charge in [-0.25, -0.2) is 32.1 Å². The number of halogens is 2. The standard InChI is InChI=1S/C31H29F2N6O11P/c32-23-8-17(39-12-20(49-31(39)43)10-36-6-5-34-35-36)3-4-25(23)47-15-48-51(44,45)50-19-7-18-14-46-29-26-21(9-24(33)27(29)37(18)11-19)28(40)22(30(41)42)13-38(26)16-1-2-16/h3-6,8-9,13,16,18-20H,1-2,7,10-12,14-15H2,(H,41,42)(H,44,45)/t18-,19+,20-/m0/s1. The summed E-state index contributed by atoms with van der Waals surface area (Å²) in [6, 6.07) is 4.16. The van der Waals surface area contributed by atoms with Gasteiger partial charge in [0, 0.05) is 31.0 Å². The van der Waals surface area contributed by atoms with E-state index < -0.39 is 67.6 Å². The number of carbonyl (C=O) groups excluding carboxylic acids is 1. The van der Waals surface area contributed by atoms with Crippen LogP contribution in [0.5, 0.6) is 11.5 Å². The van der Waals surface area contributed by atoms with Crippen LogP contribution >= 0.6 is 7.82 Å². The summed E-state index contributed by atoms with van der Waals surface area (Å²) in [4.78, 5) is 50.4. The zero-order valence-corrected chi connectivity index (χ0v) is 27.4. The number of amides is 1. The molecule has 3 aliphatic heterocycles. The normalized spacial score (nSPS) is 22.3. The van der Waals surface area contributed by atoms with Crippen molar-refractivity contribution in [1.29, 1.82) is 0 Å². The fourth-order valence-corrected chi connectivity index (χ4v) is 7.49. The van der Waals surface area contributed by atoms with E-state index in [0.717, 1.165) is 25.0 Å². The van der Waals surface area contributed by atoms with Gasteiger partial charge in [-0.1, -0.05) is 5.21 Å². The van der Waals surface area contributed by atoms with Gasteiger partial charge in [-0.3, -0.25) is 14.2 Å². The quantitative estimate of drug-likeness (QED) is 0.168. The number of carboxylic acids is 1. The molecule has 4 aliphatic rings. The van der Waals surface area contributed by atoms with Crippen LogP contribution in [0.25, 0.3) is 10.9 Å². The van der Waals surface area contributed by atoms with Crippen LogP contribution in [0.2, 0.25) is 0 Å². The molecule has 4 atom stereocenters. The average molecular weight is 731 g/mol. The van der Waals surface area contributed by atoms with Gasteiger partial charge >= 0.3 is 19.9 Å². The minimum Gasteiger partial charge on any atom is -0.487 e. The number of phosphoric ester groups is 1. The number of benzene rings is 2. The molecule has 2 saturated heterocycles. The van der Waals surface area contributed by atoms with Crippen molar-refractivity contribution in [3.05, 3.63) is 70.3 Å². The number of ether oxygens (including phenoxy) is 3. The molecule has 2 N–H and O–H groups in total. The first-order chi connectivity index (χ1) is 24.5. The first-order valence-electron chi connectivity index (χ1n) is 15.9. The summed E-state index contributed by atoms with van der Waals surface area (Å²) in [6.07, 6.45) is 3.91. The van der Waals surface area contributed by atoms with Gasteiger partial charge in [-0.2, -0.15) is 0 Å². The number of hydrogen-bond acceptors (Lipinski definition) is 12. The molecule has 5 heterocycles. The van der Waals surface area contributed by atoms with E-state index in [9.17, 15) is 33.3 Å². The Hall–Kier alpha value is -5.10. The lowest BCUT2D eigenvalue weighted by Gasteiger charge is -2.34. The SMILES string of the molecule is O=C(O)c1cn(C2CC2)c2c3c(c(F)cc2c1=O)N1C[C@H](OP(=O)(O)OCOc2ccc(N4C[C@H](Cn5ccnn5)OC4=O)cc2F)C[C@H]1CO3. The van der Waals surface area contributed by atoms with Gasteiger partial charge in [-0.15, -0.1) is 5.10 Å². The van der Waals surface area contributed by atoms with Crippen LogP contribution in [0.3, 0.4) is 0 Å². The summed E-state index contributed by atoms with van der Waals surface area (Å²) in [5, 5.41) is 17.0. The minimum absolute atomic E-state index is 0.0330. The molecule has 268 valence electrons. The van der Waals surface area contributed by atoms with E-state index in [1.54, 1.807) is 15.7 Å². The number of aromatic carboxylic acids is 1. The van der Waals surface area contributed by atoms with Crippen molar-refractivity contribution in [3.63, 3.8) is 0 Å². The number of fused-ring (bicyclic) bond motifs is 5. The van der Waals surface area contributed by atoms with Gasteiger partial charge < -0.3 is 33.7 Å². The fraction of sp³-hybridized carbons (Fsp3) is 0.387. The summed E-state index contributed by atoms with van der Waals surface area (Å²) in [6.45, 7) is -0.450. The second-order valence-corrected chi connectivity index (χ2v) is 14.0. The third-order valence-electron chi connectivity index (χ3n) is 9.13. The number of anilines is 2. The molecule has 1 unspecified atom stereocenters. The van der Waals surface area contributed by atoms with E-state index in [0.29, 0.717) is 0 Å². The summed E-state index contributed by atoms with van der Waals surface area (Å²) < 4.78 is 73.5. The maximum atomic E-state index is 15.7. The summed E-state index contributed by atoms with van der Waals surface area (Å²) in [5.41, 5.74) is -0.775. The molecule has 0 spiro atoms. The Morgan fingerprint density at radius 2 is 1.94 bits per heavy atom. The molecular formula is C31H29F2N6O11P. The highest BCUT2D eigenvalue weighted by Gasteiger charge is 2.44. The molecule has 51 heavy (non-hydrogen) atoms. The number of carboxylic acid groups (broad SMARTS) is 1. The molecular weight excluding hydrogens is 701 g/mol. The van der Waals surface area contributed by atoms with Crippen molar-refractivity contribution < 1.29 is 56.2 Å². The third kappa shape index (κ3) is 6.26. The predicted octanol–water partition coefficient (Wildman–Crippen LogP) is 3.44. The Balaban J connectivity index is 0.910. The van der Waals surface area contributed by atoms with Gasteiger partial charge in [0.2, 0.25) is 12.2 Å². The molecule has 2 aromatic heterocycles. The largest absolute Gasteiger partial charge is 0.487 e. The first-order valence-corrected chi connectivity index (χ1v) is 17.4. The molecule has 2 aromatic carbocycles. The molecule has 17 nitrogen and oxygen atoms in total.